The van der Waals surface area contributed by atoms with Gasteiger partial charge < -0.3 is 19.9 Å². The van der Waals surface area contributed by atoms with Crippen molar-refractivity contribution in [2.24, 2.45) is 0 Å². The number of carboxylic acids is 1. The molecule has 1 aliphatic rings. The first-order valence-electron chi connectivity index (χ1n) is 8.37. The molecule has 0 heterocycles. The second kappa shape index (κ2) is 8.04. The Bertz CT molecular complexity index is 593. The Morgan fingerprint density at radius 2 is 1.88 bits per heavy atom. The Hall–Kier alpha value is -2.24. The number of nitrogens with one attached hydrogen (secondary N) is 1. The molecule has 1 aromatic rings. The average Bonchev–Trinajstić information content (AvgIpc) is 2.54. The molecule has 0 atom stereocenters. The maximum Gasteiger partial charge on any atom is 0.341 e. The minimum atomic E-state index is -1.07. The molecule has 24 heavy (non-hydrogen) atoms. The molecule has 2 rings (SSSR count). The van der Waals surface area contributed by atoms with Crippen LogP contribution in [0.2, 0.25) is 0 Å². The van der Waals surface area contributed by atoms with Gasteiger partial charge in [0, 0.05) is 11.1 Å². The van der Waals surface area contributed by atoms with Crippen LogP contribution < -0.4 is 14.8 Å². The molecule has 0 saturated heterocycles. The molecule has 0 spiro atoms. The van der Waals surface area contributed by atoms with E-state index in [2.05, 4.69) is 12.2 Å². The van der Waals surface area contributed by atoms with Gasteiger partial charge in [0.15, 0.2) is 18.1 Å². The number of rotatable bonds is 7. The summed E-state index contributed by atoms with van der Waals surface area (Å²) in [7, 11) is 0. The molecule has 1 aliphatic carbocycles. The molecule has 0 aliphatic heterocycles. The molecule has 1 aromatic carbocycles. The van der Waals surface area contributed by atoms with Crippen LogP contribution in [0, 0.1) is 0 Å². The molecular formula is C18H25NO5. The van der Waals surface area contributed by atoms with Gasteiger partial charge in [-0.2, -0.15) is 0 Å². The van der Waals surface area contributed by atoms with Gasteiger partial charge in [-0.05, 0) is 44.9 Å². The van der Waals surface area contributed by atoms with Crippen LogP contribution in [0.5, 0.6) is 11.5 Å². The van der Waals surface area contributed by atoms with Crippen LogP contribution in [0.3, 0.4) is 0 Å². The summed E-state index contributed by atoms with van der Waals surface area (Å²) in [5.41, 5.74) is 0.312. The highest BCUT2D eigenvalue weighted by Gasteiger charge is 2.29. The number of amides is 1. The summed E-state index contributed by atoms with van der Waals surface area (Å²) in [6, 6.07) is 4.80. The number of ether oxygens (including phenoxy) is 2. The van der Waals surface area contributed by atoms with Crippen molar-refractivity contribution in [1.82, 2.24) is 5.32 Å². The van der Waals surface area contributed by atoms with Crippen molar-refractivity contribution in [1.29, 1.82) is 0 Å². The molecule has 1 saturated carbocycles. The monoisotopic (exact) mass is 335 g/mol. The van der Waals surface area contributed by atoms with Gasteiger partial charge in [-0.15, -0.1) is 0 Å². The quantitative estimate of drug-likeness (QED) is 0.800. The Balaban J connectivity index is 2.12. The van der Waals surface area contributed by atoms with E-state index >= 15 is 0 Å². The Morgan fingerprint density at radius 3 is 2.50 bits per heavy atom. The number of carbonyl (C=O) groups excluding carboxylic acids is 1. The van der Waals surface area contributed by atoms with E-state index < -0.39 is 12.6 Å². The van der Waals surface area contributed by atoms with E-state index in [9.17, 15) is 9.59 Å². The van der Waals surface area contributed by atoms with E-state index in [-0.39, 0.29) is 11.4 Å². The number of benzene rings is 1. The zero-order valence-electron chi connectivity index (χ0n) is 14.3. The third-order valence-electron chi connectivity index (χ3n) is 4.23. The molecule has 6 heteroatoms. The van der Waals surface area contributed by atoms with Gasteiger partial charge in [0.25, 0.3) is 5.91 Å². The second-order valence-electron chi connectivity index (χ2n) is 6.35. The van der Waals surface area contributed by atoms with Crippen molar-refractivity contribution in [3.05, 3.63) is 23.8 Å². The Labute approximate surface area is 142 Å². The molecule has 0 radical (unpaired) electrons. The largest absolute Gasteiger partial charge is 0.490 e. The summed E-state index contributed by atoms with van der Waals surface area (Å²) < 4.78 is 10.7. The maximum absolute atomic E-state index is 12.6. The van der Waals surface area contributed by atoms with E-state index in [4.69, 9.17) is 14.6 Å². The van der Waals surface area contributed by atoms with Gasteiger partial charge in [-0.1, -0.05) is 19.3 Å². The average molecular weight is 335 g/mol. The molecule has 1 amide bonds. The van der Waals surface area contributed by atoms with Crippen molar-refractivity contribution in [2.45, 2.75) is 51.5 Å². The van der Waals surface area contributed by atoms with E-state index in [0.717, 1.165) is 25.7 Å². The standard InChI is InChI=1S/C18H25NO5/c1-3-23-15-11-13(7-8-14(15)24-12-16(20)21)17(22)19-18(2)9-5-4-6-10-18/h7-8,11H,3-6,9-10,12H2,1-2H3,(H,19,22)(H,20,21). The van der Waals surface area contributed by atoms with Crippen molar-refractivity contribution < 1.29 is 24.2 Å². The van der Waals surface area contributed by atoms with Gasteiger partial charge >= 0.3 is 5.97 Å². The SMILES string of the molecule is CCOc1cc(C(=O)NC2(C)CCCCC2)ccc1OCC(=O)O. The van der Waals surface area contributed by atoms with E-state index in [1.807, 2.05) is 6.92 Å². The second-order valence-corrected chi connectivity index (χ2v) is 6.35. The maximum atomic E-state index is 12.6. The lowest BCUT2D eigenvalue weighted by atomic mass is 9.83. The molecule has 6 nitrogen and oxygen atoms in total. The number of hydrogen-bond acceptors (Lipinski definition) is 4. The van der Waals surface area contributed by atoms with Crippen molar-refractivity contribution >= 4 is 11.9 Å². The predicted molar refractivity (Wildman–Crippen MR) is 89.7 cm³/mol. The fourth-order valence-electron chi connectivity index (χ4n) is 2.98. The minimum Gasteiger partial charge on any atom is -0.490 e. The van der Waals surface area contributed by atoms with E-state index in [0.29, 0.717) is 23.7 Å². The van der Waals surface area contributed by atoms with Gasteiger partial charge in [-0.25, -0.2) is 4.79 Å². The van der Waals surface area contributed by atoms with E-state index in [1.54, 1.807) is 18.2 Å². The molecule has 0 aromatic heterocycles. The van der Waals surface area contributed by atoms with Crippen LogP contribution in [0.1, 0.15) is 56.3 Å². The van der Waals surface area contributed by atoms with Crippen LogP contribution in [0.25, 0.3) is 0 Å². The van der Waals surface area contributed by atoms with Gasteiger partial charge in [0.05, 0.1) is 6.61 Å². The first kappa shape index (κ1) is 18.1. The summed E-state index contributed by atoms with van der Waals surface area (Å²) in [5, 5.41) is 11.8. The fourth-order valence-corrected chi connectivity index (χ4v) is 2.98. The van der Waals surface area contributed by atoms with Gasteiger partial charge in [-0.3, -0.25) is 4.79 Å². The van der Waals surface area contributed by atoms with Gasteiger partial charge in [0.1, 0.15) is 0 Å². The minimum absolute atomic E-state index is 0.148. The number of hydrogen-bond donors (Lipinski definition) is 2. The molecule has 1 fully saturated rings. The van der Waals surface area contributed by atoms with Crippen molar-refractivity contribution in [2.75, 3.05) is 13.2 Å². The summed E-state index contributed by atoms with van der Waals surface area (Å²) in [6.45, 7) is 3.84. The normalized spacial score (nSPS) is 16.2. The first-order valence-corrected chi connectivity index (χ1v) is 8.37. The summed E-state index contributed by atoms with van der Waals surface area (Å²) >= 11 is 0. The molecular weight excluding hydrogens is 310 g/mol. The predicted octanol–water partition coefficient (Wildman–Crippen LogP) is 3.00. The van der Waals surface area contributed by atoms with Crippen LogP contribution >= 0.6 is 0 Å². The van der Waals surface area contributed by atoms with Crippen LogP contribution in [-0.4, -0.2) is 35.7 Å². The zero-order chi connectivity index (χ0) is 17.6. The third kappa shape index (κ3) is 4.88. The molecule has 0 bridgehead atoms. The molecule has 132 valence electrons. The lowest BCUT2D eigenvalue weighted by Crippen LogP contribution is -2.47. The van der Waals surface area contributed by atoms with Crippen molar-refractivity contribution in [3.63, 3.8) is 0 Å². The number of carbonyl (C=O) groups is 2. The van der Waals surface area contributed by atoms with Crippen LogP contribution in [0.15, 0.2) is 18.2 Å². The van der Waals surface area contributed by atoms with Crippen LogP contribution in [-0.2, 0) is 4.79 Å². The third-order valence-corrected chi connectivity index (χ3v) is 4.23. The smallest absolute Gasteiger partial charge is 0.341 e. The lowest BCUT2D eigenvalue weighted by Gasteiger charge is -2.34. The van der Waals surface area contributed by atoms with Gasteiger partial charge in [0.2, 0.25) is 0 Å². The highest BCUT2D eigenvalue weighted by atomic mass is 16.5. The van der Waals surface area contributed by atoms with Crippen LogP contribution in [0.4, 0.5) is 0 Å². The Kier molecular flexibility index (Phi) is 6.06. The first-order chi connectivity index (χ1) is 11.4. The summed E-state index contributed by atoms with van der Waals surface area (Å²) in [5.74, 6) is -0.519. The summed E-state index contributed by atoms with van der Waals surface area (Å²) in [4.78, 5) is 23.2. The molecule has 0 unspecified atom stereocenters. The number of aliphatic carboxylic acids is 1. The number of carboxylic acid groups (broad SMARTS) is 1. The Morgan fingerprint density at radius 1 is 1.17 bits per heavy atom. The van der Waals surface area contributed by atoms with E-state index in [1.165, 1.54) is 6.42 Å². The highest BCUT2D eigenvalue weighted by Crippen LogP contribution is 2.30. The zero-order valence-corrected chi connectivity index (χ0v) is 14.3. The van der Waals surface area contributed by atoms with Crippen molar-refractivity contribution in [3.8, 4) is 11.5 Å². The highest BCUT2D eigenvalue weighted by molar-refractivity contribution is 5.95. The fraction of sp³-hybridized carbons (Fsp3) is 0.556. The molecule has 2 N–H and O–H groups in total. The topological polar surface area (TPSA) is 84.9 Å². The summed E-state index contributed by atoms with van der Waals surface area (Å²) in [6.07, 6.45) is 5.44. The lowest BCUT2D eigenvalue weighted by molar-refractivity contribution is -0.139.